The van der Waals surface area contributed by atoms with Crippen LogP contribution in [-0.2, 0) is 12.8 Å². The first kappa shape index (κ1) is 13.8. The molecule has 0 bridgehead atoms. The average molecular weight is 296 g/mol. The zero-order valence-corrected chi connectivity index (χ0v) is 12.7. The van der Waals surface area contributed by atoms with Crippen LogP contribution in [0.4, 0.5) is 5.69 Å². The maximum Gasteiger partial charge on any atom is 0.265 e. The summed E-state index contributed by atoms with van der Waals surface area (Å²) in [5.74, 6) is 0.618. The Kier molecular flexibility index (Phi) is 3.76. The Balaban J connectivity index is 1.78. The summed E-state index contributed by atoms with van der Waals surface area (Å²) in [5.41, 5.74) is 2.54. The molecule has 2 aromatic rings. The lowest BCUT2D eigenvalue weighted by Crippen LogP contribution is -2.10. The van der Waals surface area contributed by atoms with Crippen LogP contribution in [0.15, 0.2) is 30.3 Å². The Morgan fingerprint density at radius 2 is 2.29 bits per heavy atom. The molecule has 1 heterocycles. The van der Waals surface area contributed by atoms with E-state index in [1.165, 1.54) is 16.9 Å². The minimum atomic E-state index is -0.0860. The van der Waals surface area contributed by atoms with Gasteiger partial charge in [-0.2, -0.15) is 5.26 Å². The van der Waals surface area contributed by atoms with E-state index in [0.717, 1.165) is 17.7 Å². The Morgan fingerprint density at radius 3 is 3.10 bits per heavy atom. The molecule has 0 fully saturated rings. The molecule has 1 aliphatic carbocycles. The average Bonchev–Trinajstić information content (AvgIpc) is 2.90. The third-order valence-electron chi connectivity index (χ3n) is 3.80. The number of amides is 1. The Bertz CT molecular complexity index is 727. The number of carbonyl (C=O) groups is 1. The third kappa shape index (κ3) is 2.98. The van der Waals surface area contributed by atoms with E-state index in [1.807, 2.05) is 6.07 Å². The van der Waals surface area contributed by atoms with Crippen molar-refractivity contribution in [3.8, 4) is 6.07 Å². The van der Waals surface area contributed by atoms with Gasteiger partial charge in [0.2, 0.25) is 0 Å². The molecular weight excluding hydrogens is 280 g/mol. The minimum absolute atomic E-state index is 0.0860. The molecule has 0 unspecified atom stereocenters. The van der Waals surface area contributed by atoms with Gasteiger partial charge in [0.1, 0.15) is 0 Å². The second-order valence-corrected chi connectivity index (χ2v) is 6.69. The predicted octanol–water partition coefficient (Wildman–Crippen LogP) is 4.00. The van der Waals surface area contributed by atoms with E-state index < -0.39 is 0 Å². The molecule has 21 heavy (non-hydrogen) atoms. The summed E-state index contributed by atoms with van der Waals surface area (Å²) < 4.78 is 0. The molecule has 0 spiro atoms. The topological polar surface area (TPSA) is 52.9 Å². The van der Waals surface area contributed by atoms with Gasteiger partial charge in [-0.15, -0.1) is 11.3 Å². The van der Waals surface area contributed by atoms with Gasteiger partial charge in [-0.05, 0) is 55.0 Å². The molecule has 1 atom stereocenters. The summed E-state index contributed by atoms with van der Waals surface area (Å²) >= 11 is 1.60. The van der Waals surface area contributed by atoms with Gasteiger partial charge >= 0.3 is 0 Å². The minimum Gasteiger partial charge on any atom is -0.321 e. The maximum absolute atomic E-state index is 12.3. The molecule has 1 aliphatic rings. The Morgan fingerprint density at radius 1 is 1.43 bits per heavy atom. The number of carbonyl (C=O) groups excluding carboxylic acids is 1. The lowest BCUT2D eigenvalue weighted by atomic mass is 9.90. The quantitative estimate of drug-likeness (QED) is 0.910. The van der Waals surface area contributed by atoms with E-state index in [0.29, 0.717) is 17.2 Å². The van der Waals surface area contributed by atoms with Crippen LogP contribution in [0.1, 0.15) is 39.0 Å². The molecule has 0 aliphatic heterocycles. The van der Waals surface area contributed by atoms with Crippen molar-refractivity contribution in [2.75, 3.05) is 5.32 Å². The van der Waals surface area contributed by atoms with Crippen LogP contribution in [0.5, 0.6) is 0 Å². The van der Waals surface area contributed by atoms with Gasteiger partial charge in [0.15, 0.2) is 0 Å². The number of benzene rings is 1. The molecule has 0 saturated carbocycles. The molecule has 1 aromatic heterocycles. The summed E-state index contributed by atoms with van der Waals surface area (Å²) in [6.45, 7) is 2.26. The number of hydrogen-bond donors (Lipinski definition) is 1. The zero-order chi connectivity index (χ0) is 14.8. The van der Waals surface area contributed by atoms with Crippen LogP contribution in [0, 0.1) is 17.2 Å². The number of aryl methyl sites for hydroxylation is 1. The van der Waals surface area contributed by atoms with E-state index in [1.54, 1.807) is 35.6 Å². The van der Waals surface area contributed by atoms with E-state index >= 15 is 0 Å². The van der Waals surface area contributed by atoms with Crippen LogP contribution in [0.25, 0.3) is 0 Å². The summed E-state index contributed by atoms with van der Waals surface area (Å²) in [6, 6.07) is 11.1. The molecular formula is C17H16N2OS. The molecule has 1 amide bonds. The second kappa shape index (κ2) is 5.71. The number of rotatable bonds is 2. The SMILES string of the molecule is C[C@H]1CCc2sc(C(=O)Nc3cccc(C#N)c3)cc2C1. The fourth-order valence-electron chi connectivity index (χ4n) is 2.68. The molecule has 3 nitrogen and oxygen atoms in total. The molecule has 4 heteroatoms. The summed E-state index contributed by atoms with van der Waals surface area (Å²) in [5, 5.41) is 11.8. The van der Waals surface area contributed by atoms with E-state index in [4.69, 9.17) is 5.26 Å². The predicted molar refractivity (Wildman–Crippen MR) is 84.6 cm³/mol. The number of nitrogens with one attached hydrogen (secondary N) is 1. The van der Waals surface area contributed by atoms with Crippen molar-refractivity contribution in [3.05, 3.63) is 51.2 Å². The normalized spacial score (nSPS) is 16.9. The Hall–Kier alpha value is -2.12. The highest BCUT2D eigenvalue weighted by molar-refractivity contribution is 7.14. The number of nitriles is 1. The molecule has 1 N–H and O–H groups in total. The number of hydrogen-bond acceptors (Lipinski definition) is 3. The fourth-order valence-corrected chi connectivity index (χ4v) is 3.78. The second-order valence-electron chi connectivity index (χ2n) is 5.55. The van der Waals surface area contributed by atoms with Gasteiger partial charge < -0.3 is 5.32 Å². The van der Waals surface area contributed by atoms with Gasteiger partial charge in [0, 0.05) is 10.6 Å². The van der Waals surface area contributed by atoms with Crippen molar-refractivity contribution in [1.82, 2.24) is 0 Å². The fraction of sp³-hybridized carbons (Fsp3) is 0.294. The molecule has 0 saturated heterocycles. The monoisotopic (exact) mass is 296 g/mol. The van der Waals surface area contributed by atoms with Gasteiger partial charge in [0.05, 0.1) is 16.5 Å². The van der Waals surface area contributed by atoms with Crippen LogP contribution in [0.3, 0.4) is 0 Å². The zero-order valence-electron chi connectivity index (χ0n) is 11.8. The van der Waals surface area contributed by atoms with Gasteiger partial charge in [-0.25, -0.2) is 0 Å². The number of anilines is 1. The number of nitrogens with zero attached hydrogens (tertiary/aromatic N) is 1. The van der Waals surface area contributed by atoms with E-state index in [9.17, 15) is 4.79 Å². The van der Waals surface area contributed by atoms with Crippen LogP contribution in [0.2, 0.25) is 0 Å². The van der Waals surface area contributed by atoms with Crippen molar-refractivity contribution < 1.29 is 4.79 Å². The molecule has 106 valence electrons. The first-order valence-electron chi connectivity index (χ1n) is 7.09. The highest BCUT2D eigenvalue weighted by Gasteiger charge is 2.20. The standard InChI is InChI=1S/C17H16N2OS/c1-11-5-6-15-13(7-11)9-16(21-15)17(20)19-14-4-2-3-12(8-14)10-18/h2-4,8-9,11H,5-7H2,1H3,(H,19,20)/t11-/m0/s1. The molecule has 0 radical (unpaired) electrons. The van der Waals surface area contributed by atoms with Crippen molar-refractivity contribution in [3.63, 3.8) is 0 Å². The van der Waals surface area contributed by atoms with Gasteiger partial charge in [0.25, 0.3) is 5.91 Å². The van der Waals surface area contributed by atoms with Crippen LogP contribution in [-0.4, -0.2) is 5.91 Å². The Labute approximate surface area is 128 Å². The van der Waals surface area contributed by atoms with Crippen LogP contribution < -0.4 is 5.32 Å². The van der Waals surface area contributed by atoms with Gasteiger partial charge in [-0.1, -0.05) is 13.0 Å². The largest absolute Gasteiger partial charge is 0.321 e. The third-order valence-corrected chi connectivity index (χ3v) is 5.04. The number of thiophene rings is 1. The summed E-state index contributed by atoms with van der Waals surface area (Å²) in [4.78, 5) is 14.4. The molecule has 1 aromatic carbocycles. The van der Waals surface area contributed by atoms with E-state index in [2.05, 4.69) is 18.3 Å². The van der Waals surface area contributed by atoms with Crippen molar-refractivity contribution >= 4 is 22.9 Å². The van der Waals surface area contributed by atoms with Crippen LogP contribution >= 0.6 is 11.3 Å². The van der Waals surface area contributed by atoms with E-state index in [-0.39, 0.29) is 5.91 Å². The lowest BCUT2D eigenvalue weighted by molar-refractivity contribution is 0.103. The van der Waals surface area contributed by atoms with Crippen molar-refractivity contribution in [2.45, 2.75) is 26.2 Å². The van der Waals surface area contributed by atoms with Crippen molar-refractivity contribution in [2.24, 2.45) is 5.92 Å². The smallest absolute Gasteiger partial charge is 0.265 e. The summed E-state index contributed by atoms with van der Waals surface area (Å²) in [7, 11) is 0. The first-order valence-corrected chi connectivity index (χ1v) is 7.90. The summed E-state index contributed by atoms with van der Waals surface area (Å²) in [6.07, 6.45) is 3.36. The highest BCUT2D eigenvalue weighted by Crippen LogP contribution is 2.32. The number of fused-ring (bicyclic) bond motifs is 1. The molecule has 3 rings (SSSR count). The highest BCUT2D eigenvalue weighted by atomic mass is 32.1. The van der Waals surface area contributed by atoms with Gasteiger partial charge in [-0.3, -0.25) is 4.79 Å². The lowest BCUT2D eigenvalue weighted by Gasteiger charge is -2.16. The van der Waals surface area contributed by atoms with Crippen molar-refractivity contribution in [1.29, 1.82) is 5.26 Å². The first-order chi connectivity index (χ1) is 10.2. The maximum atomic E-state index is 12.3.